The van der Waals surface area contributed by atoms with E-state index in [-0.39, 0.29) is 11.8 Å². The number of carbonyl (C=O) groups is 1. The number of para-hydroxylation sites is 1. The number of anilines is 1. The van der Waals surface area contributed by atoms with Crippen molar-refractivity contribution in [3.63, 3.8) is 0 Å². The Hall–Kier alpha value is -2.02. The molecule has 1 N–H and O–H groups in total. The number of nitrogens with zero attached hydrogens (tertiary/aromatic N) is 2. The molecule has 0 saturated carbocycles. The van der Waals surface area contributed by atoms with Gasteiger partial charge >= 0.3 is 5.97 Å². The molecule has 0 fully saturated rings. The first-order valence-corrected chi connectivity index (χ1v) is 7.38. The average Bonchev–Trinajstić information content (AvgIpc) is 2.46. The standard InChI is InChI=1S/C17H24N2O2/c1-17(2,14-18)11-7-13-19(12-6-10-16(20)21)15-8-4-3-5-9-15/h3-5,8-9H,6-7,10-13H2,1-2H3,(H,20,21). The van der Waals surface area contributed by atoms with Gasteiger partial charge in [0.1, 0.15) is 0 Å². The fourth-order valence-corrected chi connectivity index (χ4v) is 2.20. The van der Waals surface area contributed by atoms with Gasteiger partial charge in [0.25, 0.3) is 0 Å². The molecule has 0 radical (unpaired) electrons. The quantitative estimate of drug-likeness (QED) is 0.752. The van der Waals surface area contributed by atoms with Crippen molar-refractivity contribution >= 4 is 11.7 Å². The van der Waals surface area contributed by atoms with Crippen LogP contribution in [-0.4, -0.2) is 24.2 Å². The van der Waals surface area contributed by atoms with E-state index >= 15 is 0 Å². The highest BCUT2D eigenvalue weighted by Crippen LogP contribution is 2.22. The van der Waals surface area contributed by atoms with Crippen molar-refractivity contribution in [1.29, 1.82) is 5.26 Å². The summed E-state index contributed by atoms with van der Waals surface area (Å²) in [5.41, 5.74) is 0.807. The summed E-state index contributed by atoms with van der Waals surface area (Å²) in [5, 5.41) is 17.8. The van der Waals surface area contributed by atoms with Crippen molar-refractivity contribution < 1.29 is 9.90 Å². The molecule has 21 heavy (non-hydrogen) atoms. The highest BCUT2D eigenvalue weighted by atomic mass is 16.4. The van der Waals surface area contributed by atoms with Gasteiger partial charge in [0.15, 0.2) is 0 Å². The van der Waals surface area contributed by atoms with E-state index in [0.29, 0.717) is 6.42 Å². The Bertz CT molecular complexity index is 477. The number of carboxylic acids is 1. The second-order valence-corrected chi connectivity index (χ2v) is 5.92. The molecule has 0 spiro atoms. The topological polar surface area (TPSA) is 64.3 Å². The van der Waals surface area contributed by atoms with Crippen molar-refractivity contribution in [3.05, 3.63) is 30.3 Å². The van der Waals surface area contributed by atoms with E-state index in [1.54, 1.807) is 0 Å². The van der Waals surface area contributed by atoms with Gasteiger partial charge in [-0.25, -0.2) is 0 Å². The van der Waals surface area contributed by atoms with Crippen molar-refractivity contribution in [1.82, 2.24) is 0 Å². The van der Waals surface area contributed by atoms with Crippen molar-refractivity contribution in [2.75, 3.05) is 18.0 Å². The first kappa shape index (κ1) is 17.0. The van der Waals surface area contributed by atoms with Crippen LogP contribution in [0, 0.1) is 16.7 Å². The predicted octanol–water partition coefficient (Wildman–Crippen LogP) is 3.69. The lowest BCUT2D eigenvalue weighted by Gasteiger charge is -2.26. The van der Waals surface area contributed by atoms with Crippen LogP contribution in [0.4, 0.5) is 5.69 Å². The molecule has 0 heterocycles. The van der Waals surface area contributed by atoms with Crippen molar-refractivity contribution in [3.8, 4) is 6.07 Å². The summed E-state index contributed by atoms with van der Waals surface area (Å²) in [6.07, 6.45) is 2.58. The Morgan fingerprint density at radius 1 is 1.24 bits per heavy atom. The Kier molecular flexibility index (Phi) is 6.74. The minimum absolute atomic E-state index is 0.188. The summed E-state index contributed by atoms with van der Waals surface area (Å²) in [6, 6.07) is 12.3. The molecule has 114 valence electrons. The monoisotopic (exact) mass is 288 g/mol. The SMILES string of the molecule is CC(C)(C#N)CCCN(CCCC(=O)O)c1ccccc1. The molecule has 4 heteroatoms. The van der Waals surface area contributed by atoms with Crippen molar-refractivity contribution in [2.45, 2.75) is 39.5 Å². The fraction of sp³-hybridized carbons (Fsp3) is 0.529. The van der Waals surface area contributed by atoms with E-state index in [1.807, 2.05) is 44.2 Å². The van der Waals surface area contributed by atoms with Gasteiger partial charge in [-0.15, -0.1) is 0 Å². The first-order valence-electron chi connectivity index (χ1n) is 7.38. The van der Waals surface area contributed by atoms with Crippen LogP contribution in [0.25, 0.3) is 0 Å². The minimum Gasteiger partial charge on any atom is -0.481 e. The number of hydrogen-bond donors (Lipinski definition) is 1. The number of hydrogen-bond acceptors (Lipinski definition) is 3. The third-order valence-corrected chi connectivity index (χ3v) is 3.47. The highest BCUT2D eigenvalue weighted by molar-refractivity contribution is 5.66. The molecule has 0 aliphatic carbocycles. The summed E-state index contributed by atoms with van der Waals surface area (Å²) in [4.78, 5) is 12.9. The van der Waals surface area contributed by atoms with Crippen LogP contribution in [0.15, 0.2) is 30.3 Å². The van der Waals surface area contributed by atoms with E-state index in [1.165, 1.54) is 0 Å². The van der Waals surface area contributed by atoms with Gasteiger partial charge in [0.05, 0.1) is 11.5 Å². The smallest absolute Gasteiger partial charge is 0.303 e. The molecule has 0 bridgehead atoms. The third kappa shape index (κ3) is 6.80. The van der Waals surface area contributed by atoms with E-state index in [9.17, 15) is 4.79 Å². The van der Waals surface area contributed by atoms with E-state index < -0.39 is 5.97 Å². The largest absolute Gasteiger partial charge is 0.481 e. The fourth-order valence-electron chi connectivity index (χ4n) is 2.20. The summed E-state index contributed by atoms with van der Waals surface area (Å²) in [5.74, 6) is -0.756. The molecule has 4 nitrogen and oxygen atoms in total. The van der Waals surface area contributed by atoms with Crippen LogP contribution in [0.3, 0.4) is 0 Å². The highest BCUT2D eigenvalue weighted by Gasteiger charge is 2.17. The summed E-state index contributed by atoms with van der Waals surface area (Å²) in [6.45, 7) is 5.46. The Balaban J connectivity index is 2.56. The third-order valence-electron chi connectivity index (χ3n) is 3.47. The Morgan fingerprint density at radius 2 is 1.86 bits per heavy atom. The normalized spacial score (nSPS) is 10.9. The van der Waals surface area contributed by atoms with Crippen LogP contribution in [0.2, 0.25) is 0 Å². The van der Waals surface area contributed by atoms with Gasteiger partial charge < -0.3 is 10.0 Å². The zero-order valence-electron chi connectivity index (χ0n) is 12.9. The number of carboxylic acid groups (broad SMARTS) is 1. The van der Waals surface area contributed by atoms with E-state index in [0.717, 1.165) is 31.6 Å². The molecular weight excluding hydrogens is 264 g/mol. The molecule has 0 atom stereocenters. The molecule has 0 aliphatic heterocycles. The molecule has 1 aromatic carbocycles. The molecule has 0 unspecified atom stereocenters. The molecular formula is C17H24N2O2. The molecule has 1 rings (SSSR count). The maximum Gasteiger partial charge on any atom is 0.303 e. The Labute approximate surface area is 127 Å². The van der Waals surface area contributed by atoms with Crippen LogP contribution < -0.4 is 4.90 Å². The number of rotatable bonds is 9. The zero-order valence-corrected chi connectivity index (χ0v) is 12.9. The number of benzene rings is 1. The second kappa shape index (κ2) is 8.31. The average molecular weight is 288 g/mol. The maximum absolute atomic E-state index is 10.6. The molecule has 0 aromatic heterocycles. The van der Waals surface area contributed by atoms with Gasteiger partial charge in [0, 0.05) is 25.2 Å². The first-order chi connectivity index (χ1) is 9.94. The summed E-state index contributed by atoms with van der Waals surface area (Å²) >= 11 is 0. The van der Waals surface area contributed by atoms with Gasteiger partial charge in [-0.05, 0) is 45.2 Å². The van der Waals surface area contributed by atoms with Crippen LogP contribution in [0.5, 0.6) is 0 Å². The number of nitriles is 1. The van der Waals surface area contributed by atoms with Crippen LogP contribution in [-0.2, 0) is 4.79 Å². The van der Waals surface area contributed by atoms with Gasteiger partial charge in [0.2, 0.25) is 0 Å². The number of aliphatic carboxylic acids is 1. The predicted molar refractivity (Wildman–Crippen MR) is 84.2 cm³/mol. The molecule has 1 aromatic rings. The lowest BCUT2D eigenvalue weighted by atomic mass is 9.90. The Morgan fingerprint density at radius 3 is 2.43 bits per heavy atom. The minimum atomic E-state index is -0.756. The van der Waals surface area contributed by atoms with Crippen LogP contribution >= 0.6 is 0 Å². The van der Waals surface area contributed by atoms with E-state index in [2.05, 4.69) is 11.0 Å². The lowest BCUT2D eigenvalue weighted by Crippen LogP contribution is -2.27. The molecule has 0 saturated heterocycles. The molecule has 0 aliphatic rings. The zero-order chi connectivity index (χ0) is 15.7. The van der Waals surface area contributed by atoms with Gasteiger partial charge in [-0.1, -0.05) is 18.2 Å². The van der Waals surface area contributed by atoms with Gasteiger partial charge in [-0.2, -0.15) is 5.26 Å². The molecule has 0 amide bonds. The summed E-state index contributed by atoms with van der Waals surface area (Å²) < 4.78 is 0. The van der Waals surface area contributed by atoms with Gasteiger partial charge in [-0.3, -0.25) is 4.79 Å². The lowest BCUT2D eigenvalue weighted by molar-refractivity contribution is -0.137. The summed E-state index contributed by atoms with van der Waals surface area (Å²) in [7, 11) is 0. The van der Waals surface area contributed by atoms with Crippen molar-refractivity contribution in [2.24, 2.45) is 5.41 Å². The van der Waals surface area contributed by atoms with Crippen LogP contribution in [0.1, 0.15) is 39.5 Å². The second-order valence-electron chi connectivity index (χ2n) is 5.92. The van der Waals surface area contributed by atoms with E-state index in [4.69, 9.17) is 10.4 Å². The maximum atomic E-state index is 10.6.